The molecule has 2 unspecified atom stereocenters. The molecular formula is C21H30N4O3. The van der Waals surface area contributed by atoms with Crippen LogP contribution in [0.3, 0.4) is 0 Å². The second-order valence-electron chi connectivity index (χ2n) is 8.81. The van der Waals surface area contributed by atoms with Crippen molar-refractivity contribution in [1.29, 1.82) is 0 Å². The number of nitrogens with zero attached hydrogens (tertiary/aromatic N) is 2. The van der Waals surface area contributed by atoms with Crippen LogP contribution in [0.1, 0.15) is 62.2 Å². The molecule has 1 aromatic rings. The zero-order chi connectivity index (χ0) is 19.8. The summed E-state index contributed by atoms with van der Waals surface area (Å²) in [6.45, 7) is 3.19. The number of piperidine rings is 1. The summed E-state index contributed by atoms with van der Waals surface area (Å²) in [5, 5.41) is 17.7. The number of anilines is 2. The maximum Gasteiger partial charge on any atom is 0.293 e. The van der Waals surface area contributed by atoms with Gasteiger partial charge >= 0.3 is 0 Å². The molecule has 28 heavy (non-hydrogen) atoms. The molecule has 0 aromatic heterocycles. The minimum absolute atomic E-state index is 0.0435. The fraction of sp³-hybridized carbons (Fsp3) is 0.667. The minimum Gasteiger partial charge on any atom is -0.383 e. The Morgan fingerprint density at radius 2 is 1.93 bits per heavy atom. The standard InChI is InChI=1S/C21H30N4O3/c1-13-3-6-15(7-4-13)23-21(26)17-10-20(25(27)28)18(22-2)11-19(17)24-12-14-5-8-16(24)9-14/h10-11,13-16,22H,3-9,12H2,1-2H3,(H,23,26). The Labute approximate surface area is 166 Å². The molecule has 0 spiro atoms. The van der Waals surface area contributed by atoms with Crippen molar-refractivity contribution in [3.8, 4) is 0 Å². The molecule has 3 aliphatic rings. The predicted molar refractivity (Wildman–Crippen MR) is 110 cm³/mol. The Morgan fingerprint density at radius 3 is 2.50 bits per heavy atom. The van der Waals surface area contributed by atoms with Crippen LogP contribution >= 0.6 is 0 Å². The van der Waals surface area contributed by atoms with Gasteiger partial charge in [-0.25, -0.2) is 0 Å². The van der Waals surface area contributed by atoms with Crippen LogP contribution in [-0.2, 0) is 0 Å². The van der Waals surface area contributed by atoms with Gasteiger partial charge < -0.3 is 15.5 Å². The molecule has 2 aliphatic carbocycles. The lowest BCUT2D eigenvalue weighted by atomic mass is 9.87. The number of carbonyl (C=O) groups is 1. The number of hydrogen-bond donors (Lipinski definition) is 2. The van der Waals surface area contributed by atoms with Crippen LogP contribution in [-0.4, -0.2) is 36.5 Å². The van der Waals surface area contributed by atoms with Gasteiger partial charge in [0.05, 0.1) is 16.2 Å². The van der Waals surface area contributed by atoms with Crippen LogP contribution in [0.15, 0.2) is 12.1 Å². The van der Waals surface area contributed by atoms with E-state index in [9.17, 15) is 14.9 Å². The summed E-state index contributed by atoms with van der Waals surface area (Å²) >= 11 is 0. The molecule has 1 saturated heterocycles. The first-order chi connectivity index (χ1) is 13.5. The Hall–Kier alpha value is -2.31. The summed E-state index contributed by atoms with van der Waals surface area (Å²) in [6, 6.07) is 3.87. The number of nitrogens with one attached hydrogen (secondary N) is 2. The largest absolute Gasteiger partial charge is 0.383 e. The van der Waals surface area contributed by atoms with Gasteiger partial charge in [-0.1, -0.05) is 6.92 Å². The summed E-state index contributed by atoms with van der Waals surface area (Å²) in [7, 11) is 1.69. The lowest BCUT2D eigenvalue weighted by Gasteiger charge is -2.32. The monoisotopic (exact) mass is 386 g/mol. The molecule has 0 radical (unpaired) electrons. The fourth-order valence-corrected chi connectivity index (χ4v) is 5.23. The molecule has 4 rings (SSSR count). The maximum atomic E-state index is 13.2. The zero-order valence-corrected chi connectivity index (χ0v) is 16.7. The quantitative estimate of drug-likeness (QED) is 0.591. The highest BCUT2D eigenvalue weighted by Crippen LogP contribution is 2.43. The molecule has 1 heterocycles. The van der Waals surface area contributed by atoms with E-state index in [4.69, 9.17) is 0 Å². The molecule has 7 heteroatoms. The molecule has 3 fully saturated rings. The van der Waals surface area contributed by atoms with E-state index in [1.807, 2.05) is 0 Å². The highest BCUT2D eigenvalue weighted by molar-refractivity contribution is 6.02. The van der Waals surface area contributed by atoms with Gasteiger partial charge in [0, 0.05) is 31.7 Å². The van der Waals surface area contributed by atoms with Crippen LogP contribution in [0, 0.1) is 22.0 Å². The normalized spacial score (nSPS) is 29.0. The topological polar surface area (TPSA) is 87.5 Å². The first kappa shape index (κ1) is 19.0. The molecule has 2 bridgehead atoms. The van der Waals surface area contributed by atoms with Crippen molar-refractivity contribution in [3.05, 3.63) is 27.8 Å². The van der Waals surface area contributed by atoms with Crippen LogP contribution in [0.4, 0.5) is 17.1 Å². The average molecular weight is 386 g/mol. The van der Waals surface area contributed by atoms with Crippen molar-refractivity contribution < 1.29 is 9.72 Å². The van der Waals surface area contributed by atoms with E-state index < -0.39 is 4.92 Å². The fourth-order valence-electron chi connectivity index (χ4n) is 5.23. The van der Waals surface area contributed by atoms with Crippen molar-refractivity contribution in [2.24, 2.45) is 11.8 Å². The van der Waals surface area contributed by atoms with Gasteiger partial charge in [-0.3, -0.25) is 14.9 Å². The number of nitro benzene ring substituents is 1. The number of carbonyl (C=O) groups excluding carboxylic acids is 1. The summed E-state index contributed by atoms with van der Waals surface area (Å²) in [4.78, 5) is 26.6. The molecule has 1 amide bonds. The summed E-state index contributed by atoms with van der Waals surface area (Å²) in [5.41, 5.74) is 1.70. The molecule has 7 nitrogen and oxygen atoms in total. The molecule has 1 aromatic carbocycles. The molecule has 152 valence electrons. The third-order valence-corrected chi connectivity index (χ3v) is 6.89. The number of hydrogen-bond acceptors (Lipinski definition) is 5. The van der Waals surface area contributed by atoms with E-state index in [2.05, 4.69) is 22.5 Å². The highest BCUT2D eigenvalue weighted by Gasteiger charge is 2.40. The Morgan fingerprint density at radius 1 is 1.18 bits per heavy atom. The predicted octanol–water partition coefficient (Wildman–Crippen LogP) is 3.93. The number of rotatable bonds is 5. The Bertz CT molecular complexity index is 773. The smallest absolute Gasteiger partial charge is 0.293 e. The van der Waals surface area contributed by atoms with Gasteiger partial charge in [-0.15, -0.1) is 0 Å². The number of amides is 1. The minimum atomic E-state index is -0.412. The van der Waals surface area contributed by atoms with Gasteiger partial charge in [-0.05, 0) is 62.8 Å². The van der Waals surface area contributed by atoms with E-state index in [0.29, 0.717) is 29.1 Å². The van der Waals surface area contributed by atoms with Crippen molar-refractivity contribution in [2.45, 2.75) is 64.0 Å². The van der Waals surface area contributed by atoms with Gasteiger partial charge in [-0.2, -0.15) is 0 Å². The molecule has 1 aliphatic heterocycles. The third kappa shape index (κ3) is 3.54. The van der Waals surface area contributed by atoms with Crippen LogP contribution in [0.5, 0.6) is 0 Å². The average Bonchev–Trinajstić information content (AvgIpc) is 3.32. The van der Waals surface area contributed by atoms with Crippen LogP contribution in [0.25, 0.3) is 0 Å². The van der Waals surface area contributed by atoms with Gasteiger partial charge in [0.25, 0.3) is 11.6 Å². The van der Waals surface area contributed by atoms with Crippen molar-refractivity contribution in [3.63, 3.8) is 0 Å². The summed E-state index contributed by atoms with van der Waals surface area (Å²) in [6.07, 6.45) is 7.74. The van der Waals surface area contributed by atoms with Gasteiger partial charge in [0.15, 0.2) is 0 Å². The number of benzene rings is 1. The first-order valence-electron chi connectivity index (χ1n) is 10.5. The lowest BCUT2D eigenvalue weighted by Crippen LogP contribution is -2.39. The molecule has 2 saturated carbocycles. The second kappa shape index (κ2) is 7.60. The SMILES string of the molecule is CNc1cc(N2CC3CCC2C3)c(C(=O)NC2CCC(C)CC2)cc1[N+](=O)[O-]. The van der Waals surface area contributed by atoms with Crippen LogP contribution < -0.4 is 15.5 Å². The Kier molecular flexibility index (Phi) is 5.17. The van der Waals surface area contributed by atoms with Crippen molar-refractivity contribution >= 4 is 23.0 Å². The molecular weight excluding hydrogens is 356 g/mol. The van der Waals surface area contributed by atoms with E-state index >= 15 is 0 Å². The lowest BCUT2D eigenvalue weighted by molar-refractivity contribution is -0.383. The molecule has 2 atom stereocenters. The number of fused-ring (bicyclic) bond motifs is 2. The molecule has 2 N–H and O–H groups in total. The summed E-state index contributed by atoms with van der Waals surface area (Å²) < 4.78 is 0. The Balaban J connectivity index is 1.66. The third-order valence-electron chi connectivity index (χ3n) is 6.89. The number of nitro groups is 1. The van der Waals surface area contributed by atoms with E-state index in [1.165, 1.54) is 12.5 Å². The van der Waals surface area contributed by atoms with Gasteiger partial charge in [0.1, 0.15) is 5.69 Å². The first-order valence-corrected chi connectivity index (χ1v) is 10.5. The van der Waals surface area contributed by atoms with Gasteiger partial charge in [0.2, 0.25) is 0 Å². The maximum absolute atomic E-state index is 13.2. The van der Waals surface area contributed by atoms with Crippen molar-refractivity contribution in [1.82, 2.24) is 5.32 Å². The van der Waals surface area contributed by atoms with Crippen molar-refractivity contribution in [2.75, 3.05) is 23.8 Å². The second-order valence-corrected chi connectivity index (χ2v) is 8.81. The van der Waals surface area contributed by atoms with E-state index in [1.54, 1.807) is 13.1 Å². The highest BCUT2D eigenvalue weighted by atomic mass is 16.6. The van der Waals surface area contributed by atoms with Crippen LogP contribution in [0.2, 0.25) is 0 Å². The zero-order valence-electron chi connectivity index (χ0n) is 16.7. The van der Waals surface area contributed by atoms with E-state index in [-0.39, 0.29) is 17.6 Å². The summed E-state index contributed by atoms with van der Waals surface area (Å²) in [5.74, 6) is 1.21. The van der Waals surface area contributed by atoms with E-state index in [0.717, 1.165) is 50.8 Å².